The van der Waals surface area contributed by atoms with Crippen LogP contribution in [0.5, 0.6) is 0 Å². The van der Waals surface area contributed by atoms with Crippen LogP contribution in [0.15, 0.2) is 24.3 Å². The van der Waals surface area contributed by atoms with Crippen molar-refractivity contribution in [3.8, 4) is 0 Å². The standard InChI is InChI=1S/C12H18N2O2/c1-9(16-3)12(15)14(2)8-10-4-6-11(13)7-5-10/h4-7,9H,8,13H2,1-3H3. The molecular formula is C12H18N2O2. The first-order chi connectivity index (χ1) is 7.54. The maximum Gasteiger partial charge on any atom is 0.251 e. The highest BCUT2D eigenvalue weighted by Crippen LogP contribution is 2.08. The lowest BCUT2D eigenvalue weighted by atomic mass is 10.2. The zero-order chi connectivity index (χ0) is 12.1. The van der Waals surface area contributed by atoms with Gasteiger partial charge in [0.15, 0.2) is 0 Å². The van der Waals surface area contributed by atoms with E-state index in [-0.39, 0.29) is 5.91 Å². The summed E-state index contributed by atoms with van der Waals surface area (Å²) in [5.74, 6) is -0.0284. The molecule has 0 aromatic heterocycles. The van der Waals surface area contributed by atoms with Gasteiger partial charge < -0.3 is 15.4 Å². The van der Waals surface area contributed by atoms with Crippen LogP contribution < -0.4 is 5.73 Å². The summed E-state index contributed by atoms with van der Waals surface area (Å²) in [7, 11) is 3.29. The van der Waals surface area contributed by atoms with E-state index < -0.39 is 6.10 Å². The van der Waals surface area contributed by atoms with Crippen molar-refractivity contribution in [3.05, 3.63) is 29.8 Å². The van der Waals surface area contributed by atoms with Crippen LogP contribution in [0.4, 0.5) is 5.69 Å². The number of amides is 1. The molecule has 1 unspecified atom stereocenters. The van der Waals surface area contributed by atoms with Crippen molar-refractivity contribution in [2.45, 2.75) is 19.6 Å². The molecule has 0 spiro atoms. The zero-order valence-corrected chi connectivity index (χ0v) is 9.93. The summed E-state index contributed by atoms with van der Waals surface area (Å²) in [5.41, 5.74) is 7.36. The summed E-state index contributed by atoms with van der Waals surface area (Å²) in [6, 6.07) is 7.48. The molecule has 1 atom stereocenters. The van der Waals surface area contributed by atoms with E-state index in [4.69, 9.17) is 10.5 Å². The minimum Gasteiger partial charge on any atom is -0.399 e. The Hall–Kier alpha value is -1.55. The van der Waals surface area contributed by atoms with Crippen LogP contribution in [0.1, 0.15) is 12.5 Å². The Morgan fingerprint density at radius 3 is 2.50 bits per heavy atom. The summed E-state index contributed by atoms with van der Waals surface area (Å²) >= 11 is 0. The molecule has 0 saturated carbocycles. The molecule has 0 saturated heterocycles. The number of carbonyl (C=O) groups excluding carboxylic acids is 1. The molecular weight excluding hydrogens is 204 g/mol. The third kappa shape index (κ3) is 3.24. The van der Waals surface area contributed by atoms with Gasteiger partial charge >= 0.3 is 0 Å². The van der Waals surface area contributed by atoms with Crippen LogP contribution in [-0.4, -0.2) is 31.1 Å². The van der Waals surface area contributed by atoms with Crippen LogP contribution in [0.2, 0.25) is 0 Å². The number of ether oxygens (including phenoxy) is 1. The van der Waals surface area contributed by atoms with Crippen molar-refractivity contribution < 1.29 is 9.53 Å². The number of nitrogens with zero attached hydrogens (tertiary/aromatic N) is 1. The van der Waals surface area contributed by atoms with E-state index >= 15 is 0 Å². The predicted octanol–water partition coefficient (Wildman–Crippen LogP) is 1.26. The normalized spacial score (nSPS) is 12.2. The quantitative estimate of drug-likeness (QED) is 0.780. The van der Waals surface area contributed by atoms with Crippen molar-refractivity contribution >= 4 is 11.6 Å². The number of benzene rings is 1. The van der Waals surface area contributed by atoms with Crippen molar-refractivity contribution in [2.75, 3.05) is 19.9 Å². The molecule has 0 radical (unpaired) electrons. The Morgan fingerprint density at radius 1 is 1.44 bits per heavy atom. The molecule has 88 valence electrons. The second kappa shape index (κ2) is 5.51. The Labute approximate surface area is 96.0 Å². The molecule has 1 aromatic rings. The molecule has 1 rings (SSSR count). The fraction of sp³-hybridized carbons (Fsp3) is 0.417. The number of anilines is 1. The topological polar surface area (TPSA) is 55.6 Å². The Balaban J connectivity index is 2.60. The number of nitrogens with two attached hydrogens (primary N) is 1. The molecule has 0 aliphatic carbocycles. The SMILES string of the molecule is COC(C)C(=O)N(C)Cc1ccc(N)cc1. The van der Waals surface area contributed by atoms with Gasteiger partial charge in [-0.25, -0.2) is 0 Å². The van der Waals surface area contributed by atoms with Crippen LogP contribution >= 0.6 is 0 Å². The van der Waals surface area contributed by atoms with Crippen LogP contribution in [0.25, 0.3) is 0 Å². The van der Waals surface area contributed by atoms with Gasteiger partial charge in [-0.1, -0.05) is 12.1 Å². The molecule has 2 N–H and O–H groups in total. The molecule has 4 heteroatoms. The minimum absolute atomic E-state index is 0.0284. The van der Waals surface area contributed by atoms with E-state index in [1.54, 1.807) is 18.9 Å². The predicted molar refractivity (Wildman–Crippen MR) is 63.8 cm³/mol. The van der Waals surface area contributed by atoms with Crippen molar-refractivity contribution in [2.24, 2.45) is 0 Å². The second-order valence-corrected chi connectivity index (χ2v) is 3.81. The lowest BCUT2D eigenvalue weighted by Gasteiger charge is -2.20. The highest BCUT2D eigenvalue weighted by molar-refractivity contribution is 5.80. The summed E-state index contributed by atoms with van der Waals surface area (Å²) < 4.78 is 4.98. The summed E-state index contributed by atoms with van der Waals surface area (Å²) in [6.45, 7) is 2.30. The maximum atomic E-state index is 11.7. The molecule has 16 heavy (non-hydrogen) atoms. The molecule has 0 aliphatic rings. The van der Waals surface area contributed by atoms with Crippen LogP contribution in [0.3, 0.4) is 0 Å². The second-order valence-electron chi connectivity index (χ2n) is 3.81. The molecule has 0 aliphatic heterocycles. The number of hydrogen-bond acceptors (Lipinski definition) is 3. The fourth-order valence-electron chi connectivity index (χ4n) is 1.39. The smallest absolute Gasteiger partial charge is 0.251 e. The highest BCUT2D eigenvalue weighted by Gasteiger charge is 2.16. The van der Waals surface area contributed by atoms with Crippen molar-refractivity contribution in [1.29, 1.82) is 0 Å². The van der Waals surface area contributed by atoms with Gasteiger partial charge in [0.1, 0.15) is 6.10 Å². The third-order valence-corrected chi connectivity index (χ3v) is 2.48. The van der Waals surface area contributed by atoms with E-state index in [1.807, 2.05) is 24.3 Å². The average molecular weight is 222 g/mol. The monoisotopic (exact) mass is 222 g/mol. The largest absolute Gasteiger partial charge is 0.399 e. The Morgan fingerprint density at radius 2 is 2.00 bits per heavy atom. The zero-order valence-electron chi connectivity index (χ0n) is 9.93. The summed E-state index contributed by atoms with van der Waals surface area (Å²) in [5, 5.41) is 0. The van der Waals surface area contributed by atoms with Crippen molar-refractivity contribution in [1.82, 2.24) is 4.90 Å². The minimum atomic E-state index is -0.404. The van der Waals surface area contributed by atoms with E-state index in [0.717, 1.165) is 11.3 Å². The van der Waals surface area contributed by atoms with Gasteiger partial charge in [-0.2, -0.15) is 0 Å². The third-order valence-electron chi connectivity index (χ3n) is 2.48. The van der Waals surface area contributed by atoms with Gasteiger partial charge in [-0.15, -0.1) is 0 Å². The summed E-state index contributed by atoms with van der Waals surface area (Å²) in [6.07, 6.45) is -0.404. The van der Waals surface area contributed by atoms with Crippen molar-refractivity contribution in [3.63, 3.8) is 0 Å². The fourth-order valence-corrected chi connectivity index (χ4v) is 1.39. The molecule has 0 fully saturated rings. The van der Waals surface area contributed by atoms with E-state index in [2.05, 4.69) is 0 Å². The lowest BCUT2D eigenvalue weighted by Crippen LogP contribution is -2.35. The first-order valence-corrected chi connectivity index (χ1v) is 5.16. The van der Waals surface area contributed by atoms with Gasteiger partial charge in [-0.05, 0) is 24.6 Å². The number of methoxy groups -OCH3 is 1. The average Bonchev–Trinajstić information content (AvgIpc) is 2.30. The van der Waals surface area contributed by atoms with Gasteiger partial charge in [-0.3, -0.25) is 4.79 Å². The Kier molecular flexibility index (Phi) is 4.31. The number of carbonyl (C=O) groups is 1. The molecule has 1 aromatic carbocycles. The molecule has 0 bridgehead atoms. The first-order valence-electron chi connectivity index (χ1n) is 5.16. The van der Waals surface area contributed by atoms with Gasteiger partial charge in [0.2, 0.25) is 0 Å². The van der Waals surface area contributed by atoms with E-state index in [9.17, 15) is 4.79 Å². The Bertz CT molecular complexity index is 349. The maximum absolute atomic E-state index is 11.7. The van der Waals surface area contributed by atoms with Gasteiger partial charge in [0.25, 0.3) is 5.91 Å². The number of nitrogen functional groups attached to an aromatic ring is 1. The van der Waals surface area contributed by atoms with Gasteiger partial charge in [0, 0.05) is 26.4 Å². The molecule has 1 amide bonds. The highest BCUT2D eigenvalue weighted by atomic mass is 16.5. The van der Waals surface area contributed by atoms with E-state index in [1.165, 1.54) is 7.11 Å². The number of hydrogen-bond donors (Lipinski definition) is 1. The van der Waals surface area contributed by atoms with Gasteiger partial charge in [0.05, 0.1) is 0 Å². The number of likely N-dealkylation sites (N-methyl/N-ethyl adjacent to an activating group) is 1. The number of rotatable bonds is 4. The molecule has 4 nitrogen and oxygen atoms in total. The van der Waals surface area contributed by atoms with E-state index in [0.29, 0.717) is 6.54 Å². The first kappa shape index (κ1) is 12.5. The molecule has 0 heterocycles. The van der Waals surface area contributed by atoms with Crippen LogP contribution in [-0.2, 0) is 16.1 Å². The lowest BCUT2D eigenvalue weighted by molar-refractivity contribution is -0.140. The summed E-state index contributed by atoms with van der Waals surface area (Å²) in [4.78, 5) is 13.4. The van der Waals surface area contributed by atoms with Crippen LogP contribution in [0, 0.1) is 0 Å².